The molecule has 0 bridgehead atoms. The predicted octanol–water partition coefficient (Wildman–Crippen LogP) is 8.91. The minimum atomic E-state index is -4.41. The smallest absolute Gasteiger partial charge is 0.416 e. The molecular weight excluding hydrogens is 509 g/mol. The average molecular weight is 540 g/mol. The van der Waals surface area contributed by atoms with E-state index in [1.807, 2.05) is 13.8 Å². The first-order chi connectivity index (χ1) is 18.1. The highest BCUT2D eigenvalue weighted by atomic mass is 32.2. The van der Waals surface area contributed by atoms with Gasteiger partial charge in [0.15, 0.2) is 16.2 Å². The lowest BCUT2D eigenvalue weighted by molar-refractivity contribution is -0.163. The van der Waals surface area contributed by atoms with Gasteiger partial charge in [-0.3, -0.25) is 0 Å². The first-order valence-corrected chi connectivity index (χ1v) is 14.0. The molecule has 1 aliphatic carbocycles. The van der Waals surface area contributed by atoms with Crippen LogP contribution in [0.4, 0.5) is 13.2 Å². The summed E-state index contributed by atoms with van der Waals surface area (Å²) in [6.07, 6.45) is -1.57. The molecule has 0 aliphatic heterocycles. The van der Waals surface area contributed by atoms with E-state index in [0.717, 1.165) is 36.1 Å². The molecule has 0 N–H and O–H groups in total. The van der Waals surface area contributed by atoms with Crippen LogP contribution in [0.25, 0.3) is 15.0 Å². The van der Waals surface area contributed by atoms with Crippen LogP contribution in [0, 0.1) is 20.8 Å². The van der Waals surface area contributed by atoms with Crippen molar-refractivity contribution in [2.75, 3.05) is 6.61 Å². The number of fused-ring (bicyclic) bond motifs is 1. The summed E-state index contributed by atoms with van der Waals surface area (Å²) in [4.78, 5) is 14.1. The van der Waals surface area contributed by atoms with E-state index >= 15 is 0 Å². The zero-order valence-corrected chi connectivity index (χ0v) is 22.5. The van der Waals surface area contributed by atoms with Crippen LogP contribution in [0.2, 0.25) is 0 Å². The van der Waals surface area contributed by atoms with Crippen LogP contribution in [-0.4, -0.2) is 12.6 Å². The van der Waals surface area contributed by atoms with Crippen LogP contribution in [-0.2, 0) is 21.3 Å². The van der Waals surface area contributed by atoms with Crippen molar-refractivity contribution in [2.45, 2.75) is 58.2 Å². The molecule has 1 unspecified atom stereocenters. The zero-order chi connectivity index (χ0) is 27.1. The van der Waals surface area contributed by atoms with Crippen molar-refractivity contribution in [1.29, 1.82) is 0 Å². The normalized spacial score (nSPS) is 15.6. The van der Waals surface area contributed by atoms with Crippen LogP contribution in [0.1, 0.15) is 53.5 Å². The molecule has 1 atom stereocenters. The van der Waals surface area contributed by atoms with Gasteiger partial charge in [-0.15, -0.1) is 0 Å². The minimum Gasteiger partial charge on any atom is -0.481 e. The molecule has 0 radical (unpaired) electrons. The number of rotatable bonds is 6. The number of thiophene rings is 1. The topological polar surface area (TPSA) is 35.5 Å². The van der Waals surface area contributed by atoms with Crippen LogP contribution in [0.3, 0.4) is 0 Å². The Bertz CT molecular complexity index is 1460. The lowest BCUT2D eigenvalue weighted by atomic mass is 9.91. The summed E-state index contributed by atoms with van der Waals surface area (Å²) in [5, 5.41) is 3.59. The maximum absolute atomic E-state index is 13.0. The number of hydrogen-bond donors (Lipinski definition) is 0. The van der Waals surface area contributed by atoms with Crippen molar-refractivity contribution in [3.8, 4) is 10.6 Å². The fourth-order valence-electron chi connectivity index (χ4n) is 5.49. The van der Waals surface area contributed by atoms with E-state index in [2.05, 4.69) is 48.7 Å². The summed E-state index contributed by atoms with van der Waals surface area (Å²) in [5.74, 6) is 0.123. The third kappa shape index (κ3) is 5.04. The molecule has 4 aromatic rings. The Morgan fingerprint density at radius 1 is 0.921 bits per heavy atom. The summed E-state index contributed by atoms with van der Waals surface area (Å²) in [7, 11) is -0.155. The number of ether oxygens (including phenoxy) is 2. The SMILES string of the molecule is Cc1cc(-[s+]2cc(C)c3ccccc32)cc(C)c1OCC(=O)OC1(c2ccc(C(F)(F)F)cc2)CCCC1. The van der Waals surface area contributed by atoms with Gasteiger partial charge in [-0.25, -0.2) is 4.79 Å². The molecule has 1 heterocycles. The number of carbonyl (C=O) groups is 1. The first kappa shape index (κ1) is 26.3. The summed E-state index contributed by atoms with van der Waals surface area (Å²) in [5.41, 5.74) is 2.11. The van der Waals surface area contributed by atoms with Gasteiger partial charge in [0, 0.05) is 33.6 Å². The number of hydrogen-bond acceptors (Lipinski definition) is 3. The van der Waals surface area contributed by atoms with Gasteiger partial charge in [0.1, 0.15) is 16.7 Å². The van der Waals surface area contributed by atoms with E-state index in [4.69, 9.17) is 9.47 Å². The van der Waals surface area contributed by atoms with Gasteiger partial charge in [0.25, 0.3) is 0 Å². The largest absolute Gasteiger partial charge is 0.481 e. The zero-order valence-electron chi connectivity index (χ0n) is 21.7. The minimum absolute atomic E-state index is 0.155. The van der Waals surface area contributed by atoms with Crippen molar-refractivity contribution in [3.05, 3.63) is 93.9 Å². The van der Waals surface area contributed by atoms with Gasteiger partial charge in [0.2, 0.25) is 0 Å². The highest BCUT2D eigenvalue weighted by Crippen LogP contribution is 2.45. The number of aryl methyl sites for hydroxylation is 3. The van der Waals surface area contributed by atoms with E-state index in [9.17, 15) is 18.0 Å². The average Bonchev–Trinajstić information content (AvgIpc) is 3.48. The quantitative estimate of drug-likeness (QED) is 0.181. The lowest BCUT2D eigenvalue weighted by Crippen LogP contribution is -2.32. The number of carbonyl (C=O) groups excluding carboxylic acids is 1. The Labute approximate surface area is 223 Å². The van der Waals surface area contributed by atoms with Gasteiger partial charge in [-0.1, -0.05) is 24.3 Å². The second kappa shape index (κ2) is 10.1. The highest BCUT2D eigenvalue weighted by molar-refractivity contribution is 7.43. The number of esters is 1. The predicted molar refractivity (Wildman–Crippen MR) is 145 cm³/mol. The van der Waals surface area contributed by atoms with Gasteiger partial charge in [-0.05, 0) is 87.4 Å². The Hall–Kier alpha value is -3.32. The maximum atomic E-state index is 13.0. The molecule has 1 saturated carbocycles. The summed E-state index contributed by atoms with van der Waals surface area (Å²) in [6, 6.07) is 17.6. The van der Waals surface area contributed by atoms with Gasteiger partial charge < -0.3 is 9.47 Å². The van der Waals surface area contributed by atoms with Crippen molar-refractivity contribution >= 4 is 26.5 Å². The first-order valence-electron chi connectivity index (χ1n) is 12.7. The van der Waals surface area contributed by atoms with Crippen molar-refractivity contribution in [3.63, 3.8) is 0 Å². The molecule has 0 amide bonds. The Morgan fingerprint density at radius 2 is 1.55 bits per heavy atom. The fourth-order valence-corrected chi connectivity index (χ4v) is 7.78. The van der Waals surface area contributed by atoms with E-state index in [0.29, 0.717) is 24.2 Å². The van der Waals surface area contributed by atoms with E-state index in [1.54, 1.807) is 0 Å². The monoisotopic (exact) mass is 539 g/mol. The number of halogens is 3. The molecule has 38 heavy (non-hydrogen) atoms. The molecule has 3 aromatic carbocycles. The van der Waals surface area contributed by atoms with Crippen molar-refractivity contribution in [2.24, 2.45) is 0 Å². The standard InChI is InChI=1S/C31H30F3O3S/c1-20-16-25(38-19-22(3)26-8-4-5-9-27(26)38)17-21(2)29(20)36-18-28(35)37-30(14-6-7-15-30)23-10-12-24(13-11-23)31(32,33)34/h4-5,8-13,16-17,19H,6-7,14-15,18H2,1-3H3/q+1. The summed E-state index contributed by atoms with van der Waals surface area (Å²) < 4.78 is 52.2. The summed E-state index contributed by atoms with van der Waals surface area (Å²) >= 11 is 0. The molecule has 3 nitrogen and oxygen atoms in total. The second-order valence-electron chi connectivity index (χ2n) is 10.1. The Balaban J connectivity index is 1.32. The van der Waals surface area contributed by atoms with E-state index in [-0.39, 0.29) is 17.1 Å². The Kier molecular flexibility index (Phi) is 6.99. The molecular formula is C31H30F3O3S+. The summed E-state index contributed by atoms with van der Waals surface area (Å²) in [6.45, 7) is 5.81. The van der Waals surface area contributed by atoms with Crippen molar-refractivity contribution < 1.29 is 27.4 Å². The van der Waals surface area contributed by atoms with Crippen LogP contribution in [0.5, 0.6) is 5.75 Å². The second-order valence-corrected chi connectivity index (χ2v) is 11.9. The highest BCUT2D eigenvalue weighted by Gasteiger charge is 2.40. The maximum Gasteiger partial charge on any atom is 0.416 e. The van der Waals surface area contributed by atoms with Crippen LogP contribution >= 0.6 is 10.5 Å². The van der Waals surface area contributed by atoms with E-state index < -0.39 is 23.3 Å². The Morgan fingerprint density at radius 3 is 2.18 bits per heavy atom. The number of benzene rings is 3. The third-order valence-electron chi connectivity index (χ3n) is 7.32. The molecule has 0 saturated heterocycles. The molecule has 1 aromatic heterocycles. The van der Waals surface area contributed by atoms with Gasteiger partial charge in [-0.2, -0.15) is 13.2 Å². The molecule has 5 rings (SSSR count). The fraction of sp³-hybridized carbons (Fsp3) is 0.323. The molecule has 198 valence electrons. The van der Waals surface area contributed by atoms with Crippen LogP contribution in [0.15, 0.2) is 66.0 Å². The number of alkyl halides is 3. The molecule has 0 spiro atoms. The molecule has 7 heteroatoms. The van der Waals surface area contributed by atoms with Gasteiger partial charge in [0.05, 0.1) is 5.56 Å². The van der Waals surface area contributed by atoms with Gasteiger partial charge >= 0.3 is 12.1 Å². The lowest BCUT2D eigenvalue weighted by Gasteiger charge is -2.30. The van der Waals surface area contributed by atoms with Crippen LogP contribution < -0.4 is 4.74 Å². The van der Waals surface area contributed by atoms with E-state index in [1.165, 1.54) is 32.7 Å². The molecule has 1 aliphatic rings. The van der Waals surface area contributed by atoms with Crippen molar-refractivity contribution in [1.82, 2.24) is 0 Å². The third-order valence-corrected chi connectivity index (χ3v) is 9.49. The molecule has 1 fully saturated rings.